The SMILES string of the molecule is CCCN([Si](C)(C)C)[Si](C)(C)C.Cc1cccc(O[SiH3])c1C. The first-order valence-corrected chi connectivity index (χ1v) is 16.0. The van der Waals surface area contributed by atoms with Crippen molar-refractivity contribution >= 4 is 27.0 Å². The fourth-order valence-corrected chi connectivity index (χ4v) is 13.1. The van der Waals surface area contributed by atoms with Gasteiger partial charge >= 0.3 is 0 Å². The van der Waals surface area contributed by atoms with E-state index in [1.165, 1.54) is 24.1 Å². The van der Waals surface area contributed by atoms with Crippen LogP contribution in [0.3, 0.4) is 0 Å². The number of rotatable bonds is 5. The Morgan fingerprint density at radius 3 is 1.77 bits per heavy atom. The molecule has 0 saturated heterocycles. The van der Waals surface area contributed by atoms with Crippen molar-refractivity contribution < 1.29 is 4.43 Å². The van der Waals surface area contributed by atoms with E-state index < -0.39 is 16.5 Å². The van der Waals surface area contributed by atoms with Gasteiger partial charge in [-0.05, 0) is 44.0 Å². The fraction of sp³-hybridized carbons (Fsp3) is 0.647. The first-order valence-electron chi connectivity index (χ1n) is 8.33. The highest BCUT2D eigenvalue weighted by Crippen LogP contribution is 2.20. The molecular formula is C17H37NOSi3. The molecule has 0 aromatic heterocycles. The molecule has 22 heavy (non-hydrogen) atoms. The average Bonchev–Trinajstić information content (AvgIpc) is 2.37. The normalized spacial score (nSPS) is 12.1. The lowest BCUT2D eigenvalue weighted by molar-refractivity contribution is 0.602. The molecule has 5 heteroatoms. The molecule has 0 heterocycles. The third-order valence-corrected chi connectivity index (χ3v) is 12.0. The average molecular weight is 356 g/mol. The van der Waals surface area contributed by atoms with Crippen LogP contribution >= 0.6 is 0 Å². The van der Waals surface area contributed by atoms with Crippen molar-refractivity contribution in [3.05, 3.63) is 29.3 Å². The van der Waals surface area contributed by atoms with Crippen molar-refractivity contribution in [3.63, 3.8) is 0 Å². The molecule has 0 atom stereocenters. The Balaban J connectivity index is 0.000000406. The lowest BCUT2D eigenvalue weighted by Crippen LogP contribution is -2.59. The summed E-state index contributed by atoms with van der Waals surface area (Å²) in [4.78, 5) is 0. The first kappa shape index (κ1) is 21.6. The Labute approximate surface area is 144 Å². The van der Waals surface area contributed by atoms with E-state index in [2.05, 4.69) is 70.4 Å². The predicted molar refractivity (Wildman–Crippen MR) is 110 cm³/mol. The van der Waals surface area contributed by atoms with Gasteiger partial charge in [0, 0.05) is 0 Å². The van der Waals surface area contributed by atoms with Crippen LogP contribution < -0.4 is 4.43 Å². The maximum Gasteiger partial charge on any atom is 0.204 e. The maximum atomic E-state index is 5.26. The van der Waals surface area contributed by atoms with E-state index in [1.807, 2.05) is 12.1 Å². The highest BCUT2D eigenvalue weighted by Gasteiger charge is 2.33. The van der Waals surface area contributed by atoms with Gasteiger partial charge in [-0.2, -0.15) is 0 Å². The molecule has 1 aromatic rings. The third-order valence-electron chi connectivity index (χ3n) is 3.84. The number of hydrogen-bond acceptors (Lipinski definition) is 2. The maximum absolute atomic E-state index is 5.26. The van der Waals surface area contributed by atoms with Crippen LogP contribution in [0.25, 0.3) is 0 Å². The first-order chi connectivity index (χ1) is 9.95. The minimum atomic E-state index is -1.05. The van der Waals surface area contributed by atoms with E-state index in [0.29, 0.717) is 0 Å². The fourth-order valence-electron chi connectivity index (χ4n) is 2.85. The summed E-state index contributed by atoms with van der Waals surface area (Å²) < 4.78 is 8.10. The monoisotopic (exact) mass is 355 g/mol. The van der Waals surface area contributed by atoms with Crippen molar-refractivity contribution in [2.45, 2.75) is 66.5 Å². The van der Waals surface area contributed by atoms with Gasteiger partial charge in [0.2, 0.25) is 10.5 Å². The van der Waals surface area contributed by atoms with Crippen LogP contribution in [0.5, 0.6) is 5.75 Å². The van der Waals surface area contributed by atoms with Crippen LogP contribution in [-0.4, -0.2) is 37.7 Å². The van der Waals surface area contributed by atoms with Gasteiger partial charge in [0.15, 0.2) is 0 Å². The van der Waals surface area contributed by atoms with Crippen molar-refractivity contribution in [2.24, 2.45) is 0 Å². The highest BCUT2D eigenvalue weighted by atomic mass is 28.4. The number of hydrogen-bond donors (Lipinski definition) is 0. The molecule has 0 amide bonds. The van der Waals surface area contributed by atoms with Gasteiger partial charge < -0.3 is 8.66 Å². The summed E-state index contributed by atoms with van der Waals surface area (Å²) in [5.74, 6) is 1.03. The van der Waals surface area contributed by atoms with Crippen molar-refractivity contribution in [1.82, 2.24) is 4.23 Å². The molecule has 1 aromatic carbocycles. The molecule has 0 aliphatic rings. The van der Waals surface area contributed by atoms with Crippen LogP contribution in [0.15, 0.2) is 18.2 Å². The second-order valence-corrected chi connectivity index (χ2v) is 18.5. The molecule has 128 valence electrons. The number of aryl methyl sites for hydroxylation is 1. The molecule has 0 bridgehead atoms. The van der Waals surface area contributed by atoms with E-state index in [-0.39, 0.29) is 0 Å². The molecule has 0 aliphatic carbocycles. The molecule has 0 radical (unpaired) electrons. The molecule has 0 unspecified atom stereocenters. The van der Waals surface area contributed by atoms with Crippen LogP contribution in [0, 0.1) is 13.8 Å². The molecule has 0 N–H and O–H groups in total. The molecule has 0 spiro atoms. The molecule has 0 fully saturated rings. The highest BCUT2D eigenvalue weighted by molar-refractivity contribution is 6.89. The Bertz CT molecular complexity index is 436. The van der Waals surface area contributed by atoms with Gasteiger partial charge in [-0.15, -0.1) is 0 Å². The molecule has 0 saturated carbocycles. The lowest BCUT2D eigenvalue weighted by Gasteiger charge is -2.43. The van der Waals surface area contributed by atoms with Crippen LogP contribution in [0.2, 0.25) is 39.3 Å². The van der Waals surface area contributed by atoms with Crippen LogP contribution in [0.1, 0.15) is 24.5 Å². The summed E-state index contributed by atoms with van der Waals surface area (Å²) in [6, 6.07) is 6.13. The molecule has 1 rings (SSSR count). The van der Waals surface area contributed by atoms with E-state index in [0.717, 1.165) is 16.2 Å². The van der Waals surface area contributed by atoms with Gasteiger partial charge in [-0.1, -0.05) is 58.3 Å². The predicted octanol–water partition coefficient (Wildman–Crippen LogP) is 4.33. The van der Waals surface area contributed by atoms with Crippen LogP contribution in [-0.2, 0) is 0 Å². The summed E-state index contributed by atoms with van der Waals surface area (Å²) in [6.07, 6.45) is 1.30. The summed E-state index contributed by atoms with van der Waals surface area (Å²) >= 11 is 0. The van der Waals surface area contributed by atoms with Gasteiger partial charge in [0.1, 0.15) is 22.2 Å². The Morgan fingerprint density at radius 1 is 1.00 bits per heavy atom. The largest absolute Gasteiger partial charge is 0.553 e. The van der Waals surface area contributed by atoms with E-state index in [1.54, 1.807) is 0 Å². The zero-order valence-electron chi connectivity index (χ0n) is 16.5. The smallest absolute Gasteiger partial charge is 0.204 e. The zero-order valence-corrected chi connectivity index (χ0v) is 20.5. The van der Waals surface area contributed by atoms with Crippen molar-refractivity contribution in [3.8, 4) is 5.75 Å². The molecule has 2 nitrogen and oxygen atoms in total. The summed E-state index contributed by atoms with van der Waals surface area (Å²) in [5, 5.41) is 0. The van der Waals surface area contributed by atoms with Crippen molar-refractivity contribution in [1.29, 1.82) is 0 Å². The van der Waals surface area contributed by atoms with Gasteiger partial charge in [-0.3, -0.25) is 0 Å². The zero-order chi connectivity index (χ0) is 17.6. The number of nitrogens with zero attached hydrogens (tertiary/aromatic N) is 1. The summed E-state index contributed by atoms with van der Waals surface area (Å²) in [6.45, 7) is 22.5. The van der Waals surface area contributed by atoms with E-state index in [4.69, 9.17) is 4.43 Å². The van der Waals surface area contributed by atoms with Gasteiger partial charge in [-0.25, -0.2) is 0 Å². The minimum Gasteiger partial charge on any atom is -0.553 e. The lowest BCUT2D eigenvalue weighted by atomic mass is 10.1. The summed E-state index contributed by atoms with van der Waals surface area (Å²) in [5.41, 5.74) is 2.56. The quantitative estimate of drug-likeness (QED) is 0.729. The Morgan fingerprint density at radius 2 is 1.50 bits per heavy atom. The van der Waals surface area contributed by atoms with E-state index in [9.17, 15) is 0 Å². The standard InChI is InChI=1S/C9H25NSi2.C8H12OSi/c1-8-9-10(11(2,3)4)12(5,6)7;1-6-4-3-5-8(9-10)7(6)2/h8-9H2,1-7H3;3-5H,1-2,10H3. The topological polar surface area (TPSA) is 12.5 Å². The minimum absolute atomic E-state index is 0.773. The second-order valence-electron chi connectivity index (χ2n) is 7.90. The van der Waals surface area contributed by atoms with Crippen LogP contribution in [0.4, 0.5) is 0 Å². The Kier molecular flexibility index (Phi) is 8.90. The van der Waals surface area contributed by atoms with E-state index >= 15 is 0 Å². The molecule has 0 aliphatic heterocycles. The van der Waals surface area contributed by atoms with Gasteiger partial charge in [0.25, 0.3) is 0 Å². The Hall–Kier alpha value is -0.369. The number of benzene rings is 1. The van der Waals surface area contributed by atoms with Gasteiger partial charge in [0.05, 0.1) is 0 Å². The second kappa shape index (κ2) is 9.06. The van der Waals surface area contributed by atoms with Crippen molar-refractivity contribution in [2.75, 3.05) is 6.54 Å². The summed E-state index contributed by atoms with van der Waals surface area (Å²) in [7, 11) is -1.32. The molecular weight excluding hydrogens is 318 g/mol. The third kappa shape index (κ3) is 7.26.